The molecule has 1 amide bonds. The molecule has 2 rings (SSSR count). The Morgan fingerprint density at radius 1 is 1.15 bits per heavy atom. The van der Waals surface area contributed by atoms with Gasteiger partial charge in [0.05, 0.1) is 7.11 Å². The molecule has 1 saturated heterocycles. The van der Waals surface area contributed by atoms with Crippen LogP contribution in [0.2, 0.25) is 0 Å². The van der Waals surface area contributed by atoms with E-state index in [1.165, 1.54) is 6.42 Å². The fraction of sp³-hybridized carbons (Fsp3) is 0.562. The minimum Gasteiger partial charge on any atom is -0.497 e. The SMILES string of the molecule is CCC(Oc1ccc(OC)cc1)C(=O)N1CCCCC1. The van der Waals surface area contributed by atoms with Gasteiger partial charge in [-0.05, 0) is 49.9 Å². The van der Waals surface area contributed by atoms with Crippen LogP contribution >= 0.6 is 0 Å². The van der Waals surface area contributed by atoms with Gasteiger partial charge in [0.25, 0.3) is 5.91 Å². The van der Waals surface area contributed by atoms with Crippen molar-refractivity contribution in [2.75, 3.05) is 20.2 Å². The monoisotopic (exact) mass is 277 g/mol. The third-order valence-electron chi connectivity index (χ3n) is 3.65. The van der Waals surface area contributed by atoms with Crippen molar-refractivity contribution in [3.63, 3.8) is 0 Å². The van der Waals surface area contributed by atoms with E-state index in [1.54, 1.807) is 7.11 Å². The number of hydrogen-bond acceptors (Lipinski definition) is 3. The molecule has 0 aromatic heterocycles. The Bertz CT molecular complexity index is 424. The summed E-state index contributed by atoms with van der Waals surface area (Å²) in [5.41, 5.74) is 0. The number of piperidine rings is 1. The highest BCUT2D eigenvalue weighted by Gasteiger charge is 2.25. The van der Waals surface area contributed by atoms with Crippen molar-refractivity contribution in [2.24, 2.45) is 0 Å². The van der Waals surface area contributed by atoms with Crippen LogP contribution in [0.4, 0.5) is 0 Å². The molecule has 1 aromatic rings. The molecule has 0 N–H and O–H groups in total. The van der Waals surface area contributed by atoms with Crippen LogP contribution in [0.15, 0.2) is 24.3 Å². The predicted octanol–water partition coefficient (Wildman–Crippen LogP) is 2.87. The van der Waals surface area contributed by atoms with Gasteiger partial charge in [-0.2, -0.15) is 0 Å². The van der Waals surface area contributed by atoms with Gasteiger partial charge in [0.15, 0.2) is 6.10 Å². The molecule has 1 atom stereocenters. The number of ether oxygens (including phenoxy) is 2. The van der Waals surface area contributed by atoms with Crippen LogP contribution in [-0.4, -0.2) is 37.1 Å². The summed E-state index contributed by atoms with van der Waals surface area (Å²) in [6.45, 7) is 3.71. The Hall–Kier alpha value is -1.71. The van der Waals surface area contributed by atoms with Crippen molar-refractivity contribution < 1.29 is 14.3 Å². The summed E-state index contributed by atoms with van der Waals surface area (Å²) in [5, 5.41) is 0. The highest BCUT2D eigenvalue weighted by Crippen LogP contribution is 2.20. The number of rotatable bonds is 5. The first-order valence-electron chi connectivity index (χ1n) is 7.34. The second-order valence-electron chi connectivity index (χ2n) is 5.08. The maximum atomic E-state index is 12.4. The summed E-state index contributed by atoms with van der Waals surface area (Å²) in [7, 11) is 1.63. The maximum Gasteiger partial charge on any atom is 0.263 e. The second-order valence-corrected chi connectivity index (χ2v) is 5.08. The zero-order valence-corrected chi connectivity index (χ0v) is 12.3. The van der Waals surface area contributed by atoms with Gasteiger partial charge in [-0.1, -0.05) is 6.92 Å². The first-order valence-corrected chi connectivity index (χ1v) is 7.34. The largest absolute Gasteiger partial charge is 0.497 e. The summed E-state index contributed by atoms with van der Waals surface area (Å²) in [5.74, 6) is 1.61. The van der Waals surface area contributed by atoms with Crippen LogP contribution in [0.1, 0.15) is 32.6 Å². The predicted molar refractivity (Wildman–Crippen MR) is 78.1 cm³/mol. The van der Waals surface area contributed by atoms with E-state index < -0.39 is 0 Å². The van der Waals surface area contributed by atoms with Crippen molar-refractivity contribution in [2.45, 2.75) is 38.7 Å². The Morgan fingerprint density at radius 2 is 1.75 bits per heavy atom. The number of methoxy groups -OCH3 is 1. The van der Waals surface area contributed by atoms with Gasteiger partial charge in [0.2, 0.25) is 0 Å². The number of carbonyl (C=O) groups is 1. The number of benzene rings is 1. The molecule has 1 heterocycles. The van der Waals surface area contributed by atoms with Gasteiger partial charge in [0.1, 0.15) is 11.5 Å². The second kappa shape index (κ2) is 7.17. The smallest absolute Gasteiger partial charge is 0.263 e. The molecule has 110 valence electrons. The first kappa shape index (κ1) is 14.7. The van der Waals surface area contributed by atoms with Crippen molar-refractivity contribution >= 4 is 5.91 Å². The minimum absolute atomic E-state index is 0.114. The van der Waals surface area contributed by atoms with Gasteiger partial charge >= 0.3 is 0 Å². The van der Waals surface area contributed by atoms with E-state index >= 15 is 0 Å². The summed E-state index contributed by atoms with van der Waals surface area (Å²) in [6.07, 6.45) is 3.72. The minimum atomic E-state index is -0.388. The van der Waals surface area contributed by atoms with Crippen LogP contribution in [-0.2, 0) is 4.79 Å². The molecule has 1 aliphatic heterocycles. The van der Waals surface area contributed by atoms with Crippen LogP contribution in [0.3, 0.4) is 0 Å². The number of likely N-dealkylation sites (tertiary alicyclic amines) is 1. The quantitative estimate of drug-likeness (QED) is 0.830. The van der Waals surface area contributed by atoms with Crippen molar-refractivity contribution in [1.82, 2.24) is 4.90 Å². The van der Waals surface area contributed by atoms with Crippen LogP contribution in [0.25, 0.3) is 0 Å². The molecular weight excluding hydrogens is 254 g/mol. The molecule has 1 aromatic carbocycles. The fourth-order valence-electron chi connectivity index (χ4n) is 2.44. The lowest BCUT2D eigenvalue weighted by atomic mass is 10.1. The van der Waals surface area contributed by atoms with E-state index in [0.717, 1.165) is 31.7 Å². The third kappa shape index (κ3) is 3.65. The topological polar surface area (TPSA) is 38.8 Å². The van der Waals surface area contributed by atoms with E-state index in [0.29, 0.717) is 12.2 Å². The van der Waals surface area contributed by atoms with Crippen LogP contribution in [0, 0.1) is 0 Å². The molecule has 1 unspecified atom stereocenters. The van der Waals surface area contributed by atoms with E-state index in [4.69, 9.17) is 9.47 Å². The standard InChI is InChI=1S/C16H23NO3/c1-3-15(16(18)17-11-5-4-6-12-17)20-14-9-7-13(19-2)8-10-14/h7-10,15H,3-6,11-12H2,1-2H3. The van der Waals surface area contributed by atoms with E-state index in [-0.39, 0.29) is 12.0 Å². The first-order chi connectivity index (χ1) is 9.74. The molecule has 0 saturated carbocycles. The Labute approximate surface area is 120 Å². The Kier molecular flexibility index (Phi) is 5.27. The lowest BCUT2D eigenvalue weighted by molar-refractivity contribution is -0.139. The zero-order valence-electron chi connectivity index (χ0n) is 12.3. The molecule has 20 heavy (non-hydrogen) atoms. The van der Waals surface area contributed by atoms with Crippen LogP contribution in [0.5, 0.6) is 11.5 Å². The Morgan fingerprint density at radius 3 is 2.30 bits per heavy atom. The summed E-state index contributed by atoms with van der Waals surface area (Å²) >= 11 is 0. The number of hydrogen-bond donors (Lipinski definition) is 0. The number of nitrogens with zero attached hydrogens (tertiary/aromatic N) is 1. The molecule has 0 bridgehead atoms. The zero-order chi connectivity index (χ0) is 14.4. The van der Waals surface area contributed by atoms with E-state index in [2.05, 4.69) is 0 Å². The average Bonchev–Trinajstić information content (AvgIpc) is 2.53. The van der Waals surface area contributed by atoms with E-state index in [1.807, 2.05) is 36.1 Å². The van der Waals surface area contributed by atoms with Gasteiger partial charge in [-0.15, -0.1) is 0 Å². The summed E-state index contributed by atoms with van der Waals surface area (Å²) < 4.78 is 10.9. The molecule has 1 aliphatic rings. The van der Waals surface area contributed by atoms with Crippen molar-refractivity contribution in [1.29, 1.82) is 0 Å². The maximum absolute atomic E-state index is 12.4. The van der Waals surface area contributed by atoms with Crippen molar-refractivity contribution in [3.8, 4) is 11.5 Å². The molecule has 1 fully saturated rings. The third-order valence-corrected chi connectivity index (χ3v) is 3.65. The molecule has 0 aliphatic carbocycles. The Balaban J connectivity index is 1.97. The lowest BCUT2D eigenvalue weighted by Gasteiger charge is -2.30. The number of carbonyl (C=O) groups excluding carboxylic acids is 1. The van der Waals surface area contributed by atoms with Gasteiger partial charge in [-0.25, -0.2) is 0 Å². The molecule has 0 spiro atoms. The van der Waals surface area contributed by atoms with Crippen LogP contribution < -0.4 is 9.47 Å². The van der Waals surface area contributed by atoms with Gasteiger partial charge < -0.3 is 14.4 Å². The molecule has 0 radical (unpaired) electrons. The highest BCUT2D eigenvalue weighted by molar-refractivity contribution is 5.81. The van der Waals surface area contributed by atoms with Gasteiger partial charge in [-0.3, -0.25) is 4.79 Å². The van der Waals surface area contributed by atoms with E-state index in [9.17, 15) is 4.79 Å². The fourth-order valence-corrected chi connectivity index (χ4v) is 2.44. The average molecular weight is 277 g/mol. The summed E-state index contributed by atoms with van der Waals surface area (Å²) in [6, 6.07) is 7.36. The molecule has 4 nitrogen and oxygen atoms in total. The van der Waals surface area contributed by atoms with Gasteiger partial charge in [0, 0.05) is 13.1 Å². The summed E-state index contributed by atoms with van der Waals surface area (Å²) in [4.78, 5) is 14.4. The lowest BCUT2D eigenvalue weighted by Crippen LogP contribution is -2.44. The highest BCUT2D eigenvalue weighted by atomic mass is 16.5. The molecule has 4 heteroatoms. The normalized spacial score (nSPS) is 16.6. The molecular formula is C16H23NO3. The van der Waals surface area contributed by atoms with Crippen molar-refractivity contribution in [3.05, 3.63) is 24.3 Å². The number of amides is 1.